The zero-order valence-electron chi connectivity index (χ0n) is 40.7. The lowest BCUT2D eigenvalue weighted by molar-refractivity contribution is 0.0600. The number of esters is 1. The third kappa shape index (κ3) is 11.3. The Balaban J connectivity index is 0.000000193. The Hall–Kier alpha value is -8.08. The number of nitrogen functional groups attached to an aromatic ring is 1. The Labute approximate surface area is 407 Å². The predicted molar refractivity (Wildman–Crippen MR) is 276 cm³/mol. The van der Waals surface area contributed by atoms with Gasteiger partial charge in [-0.1, -0.05) is 17.7 Å². The summed E-state index contributed by atoms with van der Waals surface area (Å²) in [5, 5.41) is 12.2. The molecule has 2 aromatic heterocycles. The minimum absolute atomic E-state index is 0.0746. The lowest BCUT2D eigenvalue weighted by Crippen LogP contribution is -2.40. The number of hydrogen-bond donors (Lipinski definition) is 4. The fraction of sp³-hybridized carbons (Fsp3) is 0.321. The van der Waals surface area contributed by atoms with Crippen molar-refractivity contribution < 1.29 is 33.3 Å². The monoisotopic (exact) mass is 948 g/mol. The summed E-state index contributed by atoms with van der Waals surface area (Å²) in [6.45, 7) is 6.89. The van der Waals surface area contributed by atoms with Crippen molar-refractivity contribution in [2.45, 2.75) is 51.6 Å². The molecule has 5 aromatic carbocycles. The molecule has 0 amide bonds. The number of ether oxygens (including phenoxy) is 5. The molecule has 4 heterocycles. The van der Waals surface area contributed by atoms with Gasteiger partial charge in [-0.05, 0) is 112 Å². The van der Waals surface area contributed by atoms with E-state index in [1.54, 1.807) is 53.6 Å². The number of aromatic nitrogens is 4. The highest BCUT2D eigenvalue weighted by atomic mass is 16.5. The second kappa shape index (κ2) is 21.9. The van der Waals surface area contributed by atoms with Gasteiger partial charge in [-0.2, -0.15) is 9.97 Å². The summed E-state index contributed by atoms with van der Waals surface area (Å²) in [4.78, 5) is 46.6. The van der Waals surface area contributed by atoms with Gasteiger partial charge in [0, 0.05) is 83.8 Å². The third-order valence-electron chi connectivity index (χ3n) is 12.6. The van der Waals surface area contributed by atoms with Crippen LogP contribution in [0.3, 0.4) is 0 Å². The first-order chi connectivity index (χ1) is 33.9. The first-order valence-corrected chi connectivity index (χ1v) is 23.2. The van der Waals surface area contributed by atoms with Gasteiger partial charge in [0.25, 0.3) is 0 Å². The van der Waals surface area contributed by atoms with Crippen LogP contribution >= 0.6 is 0 Å². The number of nitrogens with two attached hydrogens (primary N) is 1. The van der Waals surface area contributed by atoms with E-state index in [0.717, 1.165) is 96.3 Å². The van der Waals surface area contributed by atoms with Crippen molar-refractivity contribution in [3.63, 3.8) is 0 Å². The summed E-state index contributed by atoms with van der Waals surface area (Å²) in [6.07, 6.45) is 3.74. The minimum Gasteiger partial charge on any atom is -0.493 e. The van der Waals surface area contributed by atoms with E-state index < -0.39 is 0 Å². The zero-order valence-corrected chi connectivity index (χ0v) is 40.7. The Bertz CT molecular complexity index is 2940. The SMILES string of the molecule is COC(=O)c1ccc(NC2CCN(c3nc(Nc4ccc(C)cc4)c4cc(OC)c(OC)cc4n3)CC2)cc1.COc1cc2nc(N3CCC(Nc4ccc(C(C)=O)cc4)CC3)nc(N)c2cc1OC. The molecule has 2 saturated heterocycles. The highest BCUT2D eigenvalue weighted by molar-refractivity contribution is 5.95. The number of rotatable bonds is 14. The molecule has 0 aliphatic carbocycles. The lowest BCUT2D eigenvalue weighted by Gasteiger charge is -2.33. The highest BCUT2D eigenvalue weighted by Gasteiger charge is 2.25. The van der Waals surface area contributed by atoms with Crippen LogP contribution in [0, 0.1) is 6.92 Å². The Morgan fingerprint density at radius 1 is 0.557 bits per heavy atom. The van der Waals surface area contributed by atoms with Crippen LogP contribution in [0.4, 0.5) is 40.6 Å². The van der Waals surface area contributed by atoms with Crippen LogP contribution in [0.1, 0.15) is 58.9 Å². The summed E-state index contributed by atoms with van der Waals surface area (Å²) in [6, 6.07) is 31.3. The normalized spacial score (nSPS) is 14.0. The summed E-state index contributed by atoms with van der Waals surface area (Å²) >= 11 is 0. The molecule has 0 saturated carbocycles. The lowest BCUT2D eigenvalue weighted by atomic mass is 10.0. The molecule has 0 bridgehead atoms. The van der Waals surface area contributed by atoms with Gasteiger partial charge in [-0.3, -0.25) is 4.79 Å². The van der Waals surface area contributed by atoms with Crippen LogP contribution in [-0.4, -0.2) is 106 Å². The number of aryl methyl sites for hydroxylation is 1. The van der Waals surface area contributed by atoms with Gasteiger partial charge in [-0.15, -0.1) is 0 Å². The van der Waals surface area contributed by atoms with E-state index in [1.165, 1.54) is 12.7 Å². The molecular weight excluding hydrogens is 889 g/mol. The van der Waals surface area contributed by atoms with Crippen molar-refractivity contribution >= 4 is 74.2 Å². The fourth-order valence-electron chi connectivity index (χ4n) is 8.60. The topological polar surface area (TPSA) is 200 Å². The van der Waals surface area contributed by atoms with Crippen LogP contribution in [-0.2, 0) is 4.74 Å². The molecule has 2 aliphatic rings. The van der Waals surface area contributed by atoms with Crippen LogP contribution < -0.4 is 50.4 Å². The summed E-state index contributed by atoms with van der Waals surface area (Å²) in [5.74, 6) is 4.63. The number of piperidine rings is 2. The van der Waals surface area contributed by atoms with Crippen LogP contribution in [0.15, 0.2) is 97.1 Å². The van der Waals surface area contributed by atoms with Crippen molar-refractivity contribution in [2.75, 3.05) is 93.2 Å². The Morgan fingerprint density at radius 3 is 1.46 bits per heavy atom. The van der Waals surface area contributed by atoms with Gasteiger partial charge < -0.3 is 55.2 Å². The number of carbonyl (C=O) groups is 2. The summed E-state index contributed by atoms with van der Waals surface area (Å²) in [5.41, 5.74) is 13.1. The summed E-state index contributed by atoms with van der Waals surface area (Å²) < 4.78 is 26.6. The standard InChI is InChI=1S/C30H33N5O4.C23H27N5O3/c1-19-5-9-22(10-6-19)32-28-24-17-26(37-2)27(38-3)18-25(24)33-30(34-28)35-15-13-23(14-16-35)31-21-11-7-20(8-12-21)29(36)39-4;1-14(29)15-4-6-16(7-5-15)25-17-8-10-28(11-9-17)23-26-19-13-21(31-3)20(30-2)12-18(19)22(24)27-23/h5-12,17-18,23,31H,13-16H2,1-4H3,(H,32,33,34);4-7,12-13,17,25H,8-11H2,1-3H3,(H2,24,26,27). The van der Waals surface area contributed by atoms with Crippen molar-refractivity contribution in [3.05, 3.63) is 114 Å². The molecule has 5 N–H and O–H groups in total. The van der Waals surface area contributed by atoms with E-state index in [1.807, 2.05) is 66.7 Å². The van der Waals surface area contributed by atoms with Gasteiger partial charge in [-0.25, -0.2) is 14.8 Å². The number of nitrogens with one attached hydrogen (secondary N) is 3. The minimum atomic E-state index is -0.336. The largest absolute Gasteiger partial charge is 0.493 e. The van der Waals surface area contributed by atoms with Gasteiger partial charge in [0.1, 0.15) is 11.6 Å². The van der Waals surface area contributed by atoms with E-state index in [0.29, 0.717) is 64.2 Å². The predicted octanol–water partition coefficient (Wildman–Crippen LogP) is 9.08. The van der Waals surface area contributed by atoms with Gasteiger partial charge >= 0.3 is 5.97 Å². The molecule has 17 heteroatoms. The number of Topliss-reactive ketones (excluding diaryl/α,β-unsaturated/α-hetero) is 1. The first-order valence-electron chi connectivity index (χ1n) is 23.2. The molecule has 0 radical (unpaired) electrons. The van der Waals surface area contributed by atoms with E-state index in [9.17, 15) is 9.59 Å². The van der Waals surface area contributed by atoms with E-state index in [-0.39, 0.29) is 11.8 Å². The molecule has 17 nitrogen and oxygen atoms in total. The number of ketones is 1. The smallest absolute Gasteiger partial charge is 0.337 e. The van der Waals surface area contributed by atoms with E-state index in [4.69, 9.17) is 44.4 Å². The Morgan fingerprint density at radius 2 is 0.986 bits per heavy atom. The maximum Gasteiger partial charge on any atom is 0.337 e. The molecule has 0 unspecified atom stereocenters. The second-order valence-electron chi connectivity index (χ2n) is 17.2. The average Bonchev–Trinajstić information content (AvgIpc) is 3.39. The molecule has 2 aliphatic heterocycles. The summed E-state index contributed by atoms with van der Waals surface area (Å²) in [7, 11) is 7.82. The highest BCUT2D eigenvalue weighted by Crippen LogP contribution is 2.37. The van der Waals surface area contributed by atoms with Crippen LogP contribution in [0.25, 0.3) is 21.8 Å². The molecule has 0 atom stereocenters. The molecule has 7 aromatic rings. The number of fused-ring (bicyclic) bond motifs is 2. The molecule has 364 valence electrons. The molecular formula is C53H60N10O7. The maximum atomic E-state index is 11.7. The number of anilines is 7. The quantitative estimate of drug-likeness (QED) is 0.0594. The maximum absolute atomic E-state index is 11.7. The second-order valence-corrected chi connectivity index (χ2v) is 17.2. The van der Waals surface area contributed by atoms with Crippen molar-refractivity contribution in [3.8, 4) is 23.0 Å². The first kappa shape index (κ1) is 48.4. The van der Waals surface area contributed by atoms with Crippen LogP contribution in [0.5, 0.6) is 23.0 Å². The zero-order chi connectivity index (χ0) is 49.3. The molecule has 9 rings (SSSR count). The number of carbonyl (C=O) groups excluding carboxylic acids is 2. The number of nitrogens with zero attached hydrogens (tertiary/aromatic N) is 6. The van der Waals surface area contributed by atoms with Crippen molar-refractivity contribution in [2.24, 2.45) is 0 Å². The van der Waals surface area contributed by atoms with E-state index in [2.05, 4.69) is 49.8 Å². The number of hydrogen-bond acceptors (Lipinski definition) is 17. The van der Waals surface area contributed by atoms with Crippen molar-refractivity contribution in [1.29, 1.82) is 0 Å². The average molecular weight is 949 g/mol. The van der Waals surface area contributed by atoms with Gasteiger partial charge in [0.2, 0.25) is 11.9 Å². The number of methoxy groups -OCH3 is 5. The van der Waals surface area contributed by atoms with Gasteiger partial charge in [0.15, 0.2) is 28.8 Å². The van der Waals surface area contributed by atoms with E-state index >= 15 is 0 Å². The fourth-order valence-corrected chi connectivity index (χ4v) is 8.60. The molecule has 2 fully saturated rings. The third-order valence-corrected chi connectivity index (χ3v) is 12.6. The Kier molecular flexibility index (Phi) is 15.1. The molecule has 0 spiro atoms. The molecule has 70 heavy (non-hydrogen) atoms. The van der Waals surface area contributed by atoms with Crippen molar-refractivity contribution in [1.82, 2.24) is 19.9 Å². The number of benzene rings is 5. The van der Waals surface area contributed by atoms with Crippen LogP contribution in [0.2, 0.25) is 0 Å². The van der Waals surface area contributed by atoms with Gasteiger partial charge in [0.05, 0.1) is 52.1 Å².